The number of carbonyl (C=O) groups is 1. The molecule has 0 saturated carbocycles. The van der Waals surface area contributed by atoms with E-state index in [1.165, 1.54) is 17.7 Å². The summed E-state index contributed by atoms with van der Waals surface area (Å²) in [6.45, 7) is 1.92. The molecule has 1 aliphatic rings. The molecule has 2 aromatic carbocycles. The minimum Gasteiger partial charge on any atom is -0.495 e. The molecule has 1 amide bonds. The molecule has 2 aromatic rings. The minimum absolute atomic E-state index is 0.135. The first-order chi connectivity index (χ1) is 15.1. The van der Waals surface area contributed by atoms with Gasteiger partial charge in [-0.1, -0.05) is 28.1 Å². The van der Waals surface area contributed by atoms with Crippen molar-refractivity contribution in [1.29, 1.82) is 0 Å². The van der Waals surface area contributed by atoms with Crippen LogP contribution in [0.5, 0.6) is 5.75 Å². The van der Waals surface area contributed by atoms with Gasteiger partial charge in [0.05, 0.1) is 34.8 Å². The van der Waals surface area contributed by atoms with E-state index in [4.69, 9.17) is 17.0 Å². The standard InChI is InChI=1S/C20H22Br2N4O4S2/c1-30-18-14(11-13(21)12-15(18)22)19(27)24-20(31)23-16-5-3-4-6-17(16)25-7-9-26(10-8-25)32(2,28)29/h3-6,11-12H,7-10H2,1-2H3,(H2,23,24,27,31). The predicted molar refractivity (Wildman–Crippen MR) is 137 cm³/mol. The summed E-state index contributed by atoms with van der Waals surface area (Å²) in [4.78, 5) is 14.9. The average Bonchev–Trinajstić information content (AvgIpc) is 2.73. The fourth-order valence-electron chi connectivity index (χ4n) is 3.38. The van der Waals surface area contributed by atoms with Crippen molar-refractivity contribution in [1.82, 2.24) is 9.62 Å². The summed E-state index contributed by atoms with van der Waals surface area (Å²) >= 11 is 12.1. The molecule has 2 N–H and O–H groups in total. The van der Waals surface area contributed by atoms with Crippen LogP contribution in [0.15, 0.2) is 45.3 Å². The molecule has 0 spiro atoms. The Morgan fingerprint density at radius 3 is 2.41 bits per heavy atom. The van der Waals surface area contributed by atoms with E-state index in [0.717, 1.165) is 5.69 Å². The lowest BCUT2D eigenvalue weighted by Crippen LogP contribution is -2.48. The average molecular weight is 606 g/mol. The lowest BCUT2D eigenvalue weighted by Gasteiger charge is -2.35. The van der Waals surface area contributed by atoms with Gasteiger partial charge in [-0.15, -0.1) is 0 Å². The lowest BCUT2D eigenvalue weighted by molar-refractivity contribution is 0.0974. The van der Waals surface area contributed by atoms with Crippen LogP contribution in [-0.2, 0) is 10.0 Å². The number of nitrogens with zero attached hydrogens (tertiary/aromatic N) is 2. The molecule has 1 fully saturated rings. The van der Waals surface area contributed by atoms with E-state index < -0.39 is 15.9 Å². The minimum atomic E-state index is -3.21. The van der Waals surface area contributed by atoms with Gasteiger partial charge in [0.25, 0.3) is 5.91 Å². The Balaban J connectivity index is 1.71. The zero-order valence-electron chi connectivity index (χ0n) is 17.4. The van der Waals surface area contributed by atoms with Crippen molar-refractivity contribution < 1.29 is 17.9 Å². The molecule has 32 heavy (non-hydrogen) atoms. The summed E-state index contributed by atoms with van der Waals surface area (Å²) in [6, 6.07) is 11.0. The number of carbonyl (C=O) groups excluding carboxylic acids is 1. The second-order valence-electron chi connectivity index (χ2n) is 7.04. The number of hydrogen-bond donors (Lipinski definition) is 2. The van der Waals surface area contributed by atoms with Crippen molar-refractivity contribution >= 4 is 76.5 Å². The number of sulfonamides is 1. The lowest BCUT2D eigenvalue weighted by atomic mass is 10.2. The van der Waals surface area contributed by atoms with E-state index in [1.54, 1.807) is 12.1 Å². The number of hydrogen-bond acceptors (Lipinski definition) is 6. The van der Waals surface area contributed by atoms with Gasteiger partial charge in [0.15, 0.2) is 5.11 Å². The number of anilines is 2. The molecule has 0 radical (unpaired) electrons. The Morgan fingerprint density at radius 1 is 1.12 bits per heavy atom. The monoisotopic (exact) mass is 604 g/mol. The summed E-state index contributed by atoms with van der Waals surface area (Å²) in [6.07, 6.45) is 1.22. The summed E-state index contributed by atoms with van der Waals surface area (Å²) < 4.78 is 31.7. The third kappa shape index (κ3) is 5.98. The van der Waals surface area contributed by atoms with Crippen molar-refractivity contribution in [2.24, 2.45) is 0 Å². The maximum absolute atomic E-state index is 12.8. The van der Waals surface area contributed by atoms with Gasteiger partial charge in [0.1, 0.15) is 5.75 Å². The van der Waals surface area contributed by atoms with Crippen molar-refractivity contribution in [3.05, 3.63) is 50.9 Å². The normalized spacial score (nSPS) is 14.7. The first kappa shape index (κ1) is 24.9. The van der Waals surface area contributed by atoms with E-state index in [0.29, 0.717) is 52.1 Å². The Labute approximate surface area is 209 Å². The summed E-state index contributed by atoms with van der Waals surface area (Å²) in [5.41, 5.74) is 1.91. The fraction of sp³-hybridized carbons (Fsp3) is 0.300. The van der Waals surface area contributed by atoms with Crippen LogP contribution in [0.25, 0.3) is 0 Å². The van der Waals surface area contributed by atoms with E-state index in [2.05, 4.69) is 47.4 Å². The number of ether oxygens (including phenoxy) is 1. The Kier molecular flexibility index (Phi) is 8.15. The molecule has 0 bridgehead atoms. The predicted octanol–water partition coefficient (Wildman–Crippen LogP) is 3.43. The topological polar surface area (TPSA) is 91.0 Å². The van der Waals surface area contributed by atoms with E-state index in [9.17, 15) is 13.2 Å². The van der Waals surface area contributed by atoms with Crippen LogP contribution in [0.2, 0.25) is 0 Å². The van der Waals surface area contributed by atoms with Gasteiger partial charge >= 0.3 is 0 Å². The van der Waals surface area contributed by atoms with Crippen LogP contribution in [0.1, 0.15) is 10.4 Å². The number of benzene rings is 2. The largest absolute Gasteiger partial charge is 0.495 e. The van der Waals surface area contributed by atoms with Gasteiger partial charge < -0.3 is 15.0 Å². The first-order valence-corrected chi connectivity index (χ1v) is 13.4. The molecule has 8 nitrogen and oxygen atoms in total. The fourth-order valence-corrected chi connectivity index (χ4v) is 5.79. The van der Waals surface area contributed by atoms with Crippen molar-refractivity contribution in [3.8, 4) is 5.75 Å². The number of methoxy groups -OCH3 is 1. The maximum atomic E-state index is 12.8. The van der Waals surface area contributed by atoms with Crippen molar-refractivity contribution in [2.75, 3.05) is 49.8 Å². The smallest absolute Gasteiger partial charge is 0.261 e. The molecule has 12 heteroatoms. The quantitative estimate of drug-likeness (QED) is 0.505. The van der Waals surface area contributed by atoms with Gasteiger partial charge in [0, 0.05) is 30.7 Å². The molecular weight excluding hydrogens is 584 g/mol. The maximum Gasteiger partial charge on any atom is 0.261 e. The molecule has 1 saturated heterocycles. The molecule has 0 atom stereocenters. The van der Waals surface area contributed by atoms with Crippen LogP contribution in [0, 0.1) is 0 Å². The number of amides is 1. The summed E-state index contributed by atoms with van der Waals surface area (Å²) in [7, 11) is -1.72. The number of para-hydroxylation sites is 2. The molecule has 1 aliphatic heterocycles. The van der Waals surface area contributed by atoms with E-state index >= 15 is 0 Å². The third-order valence-corrected chi connectivity index (χ3v) is 7.44. The first-order valence-electron chi connectivity index (χ1n) is 9.54. The highest BCUT2D eigenvalue weighted by Crippen LogP contribution is 2.33. The Bertz CT molecular complexity index is 1140. The highest BCUT2D eigenvalue weighted by atomic mass is 79.9. The highest BCUT2D eigenvalue weighted by Gasteiger charge is 2.25. The Hall–Kier alpha value is -1.73. The van der Waals surface area contributed by atoms with E-state index in [1.807, 2.05) is 24.3 Å². The van der Waals surface area contributed by atoms with Crippen molar-refractivity contribution in [3.63, 3.8) is 0 Å². The van der Waals surface area contributed by atoms with Crippen LogP contribution >= 0.6 is 44.1 Å². The van der Waals surface area contributed by atoms with Crippen LogP contribution < -0.4 is 20.3 Å². The third-order valence-electron chi connectivity index (χ3n) is 4.88. The van der Waals surface area contributed by atoms with Gasteiger partial charge in [-0.2, -0.15) is 4.31 Å². The number of piperazine rings is 1. The van der Waals surface area contributed by atoms with Crippen LogP contribution in [0.4, 0.5) is 11.4 Å². The zero-order valence-corrected chi connectivity index (χ0v) is 22.2. The van der Waals surface area contributed by atoms with Crippen LogP contribution in [-0.4, -0.2) is 63.3 Å². The molecular formula is C20H22Br2N4O4S2. The second-order valence-corrected chi connectivity index (χ2v) is 11.2. The summed E-state index contributed by atoms with van der Waals surface area (Å²) in [5.74, 6) is -0.0155. The highest BCUT2D eigenvalue weighted by molar-refractivity contribution is 9.11. The Morgan fingerprint density at radius 2 is 1.78 bits per heavy atom. The number of halogens is 2. The molecule has 3 rings (SSSR count). The van der Waals surface area contributed by atoms with Crippen molar-refractivity contribution in [2.45, 2.75) is 0 Å². The summed E-state index contributed by atoms with van der Waals surface area (Å²) in [5, 5.41) is 5.90. The molecule has 172 valence electrons. The zero-order chi connectivity index (χ0) is 23.5. The van der Waals surface area contributed by atoms with E-state index in [-0.39, 0.29) is 5.11 Å². The second kappa shape index (κ2) is 10.5. The molecule has 0 unspecified atom stereocenters. The van der Waals surface area contributed by atoms with Gasteiger partial charge in [-0.25, -0.2) is 8.42 Å². The molecule has 0 aliphatic carbocycles. The number of thiocarbonyl (C=S) groups is 1. The molecule has 0 aromatic heterocycles. The van der Waals surface area contributed by atoms with Gasteiger partial charge in [-0.05, 0) is 52.4 Å². The number of nitrogens with one attached hydrogen (secondary N) is 2. The van der Waals surface area contributed by atoms with Gasteiger partial charge in [0.2, 0.25) is 10.0 Å². The molecule has 1 heterocycles. The number of rotatable bonds is 5. The van der Waals surface area contributed by atoms with Gasteiger partial charge in [-0.3, -0.25) is 10.1 Å². The SMILES string of the molecule is COc1c(Br)cc(Br)cc1C(=O)NC(=S)Nc1ccccc1N1CCN(S(C)(=O)=O)CC1. The van der Waals surface area contributed by atoms with Crippen LogP contribution in [0.3, 0.4) is 0 Å².